The molecule has 0 heterocycles. The van der Waals surface area contributed by atoms with Crippen LogP contribution in [-0.2, 0) is 0 Å². The number of aliphatic imine (C=N–C) groups is 1. The minimum Gasteiger partial charge on any atom is -0.496 e. The fourth-order valence-electron chi connectivity index (χ4n) is 1.67. The number of ether oxygens (including phenoxy) is 1. The topological polar surface area (TPSA) is 21.6 Å². The summed E-state index contributed by atoms with van der Waals surface area (Å²) in [6.45, 7) is 1.98. The quantitative estimate of drug-likeness (QED) is 0.725. The van der Waals surface area contributed by atoms with Crippen molar-refractivity contribution in [3.63, 3.8) is 0 Å². The van der Waals surface area contributed by atoms with Crippen molar-refractivity contribution >= 4 is 35.1 Å². The summed E-state index contributed by atoms with van der Waals surface area (Å²) in [5.74, 6) is 0.729. The number of hydrogen-bond acceptors (Lipinski definition) is 2. The van der Waals surface area contributed by atoms with Crippen molar-refractivity contribution in [3.05, 3.63) is 57.6 Å². The van der Waals surface area contributed by atoms with Crippen LogP contribution in [0.15, 0.2) is 41.4 Å². The first kappa shape index (κ1) is 13.9. The van der Waals surface area contributed by atoms with Crippen LogP contribution < -0.4 is 4.74 Å². The first-order chi connectivity index (χ1) is 9.10. The Balaban J connectivity index is 2.37. The summed E-state index contributed by atoms with van der Waals surface area (Å²) < 4.78 is 5.27. The molecule has 0 unspecified atom stereocenters. The summed E-state index contributed by atoms with van der Waals surface area (Å²) >= 11 is 11.9. The van der Waals surface area contributed by atoms with Crippen molar-refractivity contribution in [3.8, 4) is 5.75 Å². The number of aryl methyl sites for hydroxylation is 1. The standard InChI is InChI=1S/C15H13Cl2NO/c1-10-3-4-13(17)8-14(10)18-9-11-7-12(16)5-6-15(11)19-2/h3-9H,1-2H3. The summed E-state index contributed by atoms with van der Waals surface area (Å²) in [6.07, 6.45) is 1.73. The van der Waals surface area contributed by atoms with Crippen molar-refractivity contribution in [2.45, 2.75) is 6.92 Å². The predicted octanol–water partition coefficient (Wildman–Crippen LogP) is 5.06. The molecule has 2 nitrogen and oxygen atoms in total. The molecule has 0 amide bonds. The fourth-order valence-corrected chi connectivity index (χ4v) is 2.01. The first-order valence-corrected chi connectivity index (χ1v) is 6.49. The minimum atomic E-state index is 0.644. The summed E-state index contributed by atoms with van der Waals surface area (Å²) in [5, 5.41) is 1.31. The molecule has 0 atom stereocenters. The predicted molar refractivity (Wildman–Crippen MR) is 81.4 cm³/mol. The molecule has 0 bridgehead atoms. The molecule has 0 N–H and O–H groups in total. The van der Waals surface area contributed by atoms with Gasteiger partial charge in [0.2, 0.25) is 0 Å². The lowest BCUT2D eigenvalue weighted by atomic mass is 10.2. The highest BCUT2D eigenvalue weighted by Crippen LogP contribution is 2.25. The number of halogens is 2. The van der Waals surface area contributed by atoms with Gasteiger partial charge in [0, 0.05) is 21.8 Å². The Hall–Kier alpha value is -1.51. The third-order valence-electron chi connectivity index (χ3n) is 2.71. The van der Waals surface area contributed by atoms with Crippen LogP contribution in [0, 0.1) is 6.92 Å². The van der Waals surface area contributed by atoms with E-state index in [1.54, 1.807) is 19.4 Å². The van der Waals surface area contributed by atoms with Crippen LogP contribution >= 0.6 is 23.2 Å². The second-order valence-corrected chi connectivity index (χ2v) is 4.95. The molecular weight excluding hydrogens is 281 g/mol. The normalized spacial score (nSPS) is 10.9. The van der Waals surface area contributed by atoms with Gasteiger partial charge in [0.05, 0.1) is 12.8 Å². The van der Waals surface area contributed by atoms with Gasteiger partial charge in [-0.3, -0.25) is 4.99 Å². The first-order valence-electron chi connectivity index (χ1n) is 5.74. The largest absolute Gasteiger partial charge is 0.496 e. The van der Waals surface area contributed by atoms with E-state index in [0.29, 0.717) is 10.0 Å². The lowest BCUT2D eigenvalue weighted by Gasteiger charge is -2.05. The van der Waals surface area contributed by atoms with E-state index in [2.05, 4.69) is 4.99 Å². The molecule has 0 aromatic heterocycles. The molecule has 98 valence electrons. The van der Waals surface area contributed by atoms with Crippen LogP contribution in [0.25, 0.3) is 0 Å². The molecule has 2 aromatic rings. The van der Waals surface area contributed by atoms with Crippen LogP contribution in [0.4, 0.5) is 5.69 Å². The third kappa shape index (κ3) is 3.49. The smallest absolute Gasteiger partial charge is 0.127 e. The SMILES string of the molecule is COc1ccc(Cl)cc1C=Nc1cc(Cl)ccc1C. The van der Waals surface area contributed by atoms with Crippen LogP contribution in [0.2, 0.25) is 10.0 Å². The summed E-state index contributed by atoms with van der Waals surface area (Å²) in [5.41, 5.74) is 2.71. The fraction of sp³-hybridized carbons (Fsp3) is 0.133. The molecule has 2 rings (SSSR count). The van der Waals surface area contributed by atoms with Gasteiger partial charge in [0.1, 0.15) is 5.75 Å². The van der Waals surface area contributed by atoms with Crippen LogP contribution in [0.5, 0.6) is 5.75 Å². The second-order valence-electron chi connectivity index (χ2n) is 4.08. The van der Waals surface area contributed by atoms with Crippen LogP contribution in [0.3, 0.4) is 0 Å². The lowest BCUT2D eigenvalue weighted by Crippen LogP contribution is -1.90. The zero-order valence-corrected chi connectivity index (χ0v) is 12.2. The summed E-state index contributed by atoms with van der Waals surface area (Å²) in [4.78, 5) is 4.44. The monoisotopic (exact) mass is 293 g/mol. The van der Waals surface area contributed by atoms with Gasteiger partial charge in [0.15, 0.2) is 0 Å². The van der Waals surface area contributed by atoms with E-state index in [1.807, 2.05) is 37.3 Å². The van der Waals surface area contributed by atoms with Crippen molar-refractivity contribution < 1.29 is 4.74 Å². The molecular formula is C15H13Cl2NO. The molecule has 0 aliphatic carbocycles. The number of benzene rings is 2. The highest BCUT2D eigenvalue weighted by molar-refractivity contribution is 6.31. The maximum absolute atomic E-state index is 5.97. The number of hydrogen-bond donors (Lipinski definition) is 0. The Kier molecular flexibility index (Phi) is 4.46. The molecule has 0 fully saturated rings. The minimum absolute atomic E-state index is 0.644. The van der Waals surface area contributed by atoms with E-state index in [4.69, 9.17) is 27.9 Å². The van der Waals surface area contributed by atoms with Gasteiger partial charge in [-0.15, -0.1) is 0 Å². The molecule has 4 heteroatoms. The molecule has 0 aliphatic rings. The maximum atomic E-state index is 5.97. The average molecular weight is 294 g/mol. The maximum Gasteiger partial charge on any atom is 0.127 e. The molecule has 0 aliphatic heterocycles. The van der Waals surface area contributed by atoms with E-state index >= 15 is 0 Å². The molecule has 0 saturated carbocycles. The van der Waals surface area contributed by atoms with E-state index in [1.165, 1.54) is 0 Å². The number of rotatable bonds is 3. The van der Waals surface area contributed by atoms with E-state index < -0.39 is 0 Å². The zero-order valence-electron chi connectivity index (χ0n) is 10.7. The van der Waals surface area contributed by atoms with Gasteiger partial charge in [0.25, 0.3) is 0 Å². The molecule has 0 radical (unpaired) electrons. The van der Waals surface area contributed by atoms with E-state index in [-0.39, 0.29) is 0 Å². The van der Waals surface area contributed by atoms with Gasteiger partial charge in [-0.2, -0.15) is 0 Å². The highest BCUT2D eigenvalue weighted by Gasteiger charge is 2.02. The molecule has 0 spiro atoms. The Morgan fingerprint density at radius 3 is 2.47 bits per heavy atom. The van der Waals surface area contributed by atoms with Crippen molar-refractivity contribution in [1.29, 1.82) is 0 Å². The van der Waals surface area contributed by atoms with Gasteiger partial charge in [-0.25, -0.2) is 0 Å². The van der Waals surface area contributed by atoms with Crippen molar-refractivity contribution in [1.82, 2.24) is 0 Å². The Morgan fingerprint density at radius 1 is 1.05 bits per heavy atom. The Morgan fingerprint density at radius 2 is 1.74 bits per heavy atom. The van der Waals surface area contributed by atoms with Gasteiger partial charge < -0.3 is 4.74 Å². The molecule has 2 aromatic carbocycles. The lowest BCUT2D eigenvalue weighted by molar-refractivity contribution is 0.414. The van der Waals surface area contributed by atoms with Crippen LogP contribution in [-0.4, -0.2) is 13.3 Å². The Bertz CT molecular complexity index is 624. The third-order valence-corrected chi connectivity index (χ3v) is 3.18. The number of methoxy groups -OCH3 is 1. The van der Waals surface area contributed by atoms with Crippen molar-refractivity contribution in [2.75, 3.05) is 7.11 Å². The van der Waals surface area contributed by atoms with E-state index in [0.717, 1.165) is 22.6 Å². The molecule has 19 heavy (non-hydrogen) atoms. The van der Waals surface area contributed by atoms with Gasteiger partial charge >= 0.3 is 0 Å². The summed E-state index contributed by atoms with van der Waals surface area (Å²) in [7, 11) is 1.62. The zero-order chi connectivity index (χ0) is 13.8. The molecule has 0 saturated heterocycles. The van der Waals surface area contributed by atoms with Crippen LogP contribution in [0.1, 0.15) is 11.1 Å². The second kappa shape index (κ2) is 6.09. The average Bonchev–Trinajstić information content (AvgIpc) is 2.40. The Labute approximate surface area is 122 Å². The summed E-state index contributed by atoms with van der Waals surface area (Å²) in [6, 6.07) is 11.0. The van der Waals surface area contributed by atoms with Gasteiger partial charge in [-0.05, 0) is 42.8 Å². The van der Waals surface area contributed by atoms with Gasteiger partial charge in [-0.1, -0.05) is 29.3 Å². The number of nitrogens with zero attached hydrogens (tertiary/aromatic N) is 1. The van der Waals surface area contributed by atoms with Crippen molar-refractivity contribution in [2.24, 2.45) is 4.99 Å². The highest BCUT2D eigenvalue weighted by atomic mass is 35.5. The van der Waals surface area contributed by atoms with E-state index in [9.17, 15) is 0 Å².